The third-order valence-electron chi connectivity index (χ3n) is 4.70. The first-order chi connectivity index (χ1) is 11.6. The number of nitrogens with one attached hydrogen (secondary N) is 1. The third-order valence-corrected chi connectivity index (χ3v) is 4.70. The van der Waals surface area contributed by atoms with Gasteiger partial charge in [-0.3, -0.25) is 4.79 Å². The van der Waals surface area contributed by atoms with E-state index in [-0.39, 0.29) is 5.91 Å². The molecule has 4 heteroatoms. The van der Waals surface area contributed by atoms with E-state index in [2.05, 4.69) is 24.4 Å². The molecule has 3 rings (SSSR count). The lowest BCUT2D eigenvalue weighted by Gasteiger charge is -2.22. The first-order valence-electron chi connectivity index (χ1n) is 8.44. The molecule has 24 heavy (non-hydrogen) atoms. The first-order valence-corrected chi connectivity index (χ1v) is 8.44. The molecule has 0 saturated heterocycles. The second-order valence-corrected chi connectivity index (χ2v) is 6.56. The van der Waals surface area contributed by atoms with Crippen molar-refractivity contribution >= 4 is 11.6 Å². The van der Waals surface area contributed by atoms with Crippen molar-refractivity contribution in [2.45, 2.75) is 44.8 Å². The van der Waals surface area contributed by atoms with Crippen LogP contribution in [-0.4, -0.2) is 11.4 Å². The molecule has 0 aliphatic heterocycles. The number of anilines is 1. The number of ether oxygens (including phenoxy) is 1. The van der Waals surface area contributed by atoms with Crippen LogP contribution in [0, 0.1) is 6.92 Å². The highest BCUT2D eigenvalue weighted by molar-refractivity contribution is 5.98. The molecule has 0 heterocycles. The largest absolute Gasteiger partial charge is 0.489 e. The maximum absolute atomic E-state index is 12.4. The highest BCUT2D eigenvalue weighted by Gasteiger charge is 2.36. The molecular formula is C20H24N2O2. The molecule has 1 saturated carbocycles. The molecule has 1 aliphatic carbocycles. The maximum Gasteiger partial charge on any atom is 0.244 e. The van der Waals surface area contributed by atoms with E-state index >= 15 is 0 Å². The SMILES string of the molecule is Cc1ccccc1COc1cccc(NC(=O)C2(N)CCCC2)c1. The van der Waals surface area contributed by atoms with Gasteiger partial charge in [-0.15, -0.1) is 0 Å². The zero-order chi connectivity index (χ0) is 17.0. The summed E-state index contributed by atoms with van der Waals surface area (Å²) in [5.74, 6) is 0.629. The Labute approximate surface area is 143 Å². The van der Waals surface area contributed by atoms with Crippen molar-refractivity contribution in [3.05, 3.63) is 59.7 Å². The Balaban J connectivity index is 1.64. The van der Waals surface area contributed by atoms with Gasteiger partial charge in [0, 0.05) is 11.8 Å². The normalized spacial score (nSPS) is 15.9. The van der Waals surface area contributed by atoms with Crippen LogP contribution in [-0.2, 0) is 11.4 Å². The summed E-state index contributed by atoms with van der Waals surface area (Å²) in [7, 11) is 0. The van der Waals surface area contributed by atoms with Gasteiger partial charge in [0.25, 0.3) is 0 Å². The number of hydrogen-bond acceptors (Lipinski definition) is 3. The van der Waals surface area contributed by atoms with E-state index in [1.165, 1.54) is 5.56 Å². The standard InChI is InChI=1S/C20H24N2O2/c1-15-7-2-3-8-16(15)14-24-18-10-6-9-17(13-18)22-19(23)20(21)11-4-5-12-20/h2-3,6-10,13H,4-5,11-12,14,21H2,1H3,(H,22,23). The summed E-state index contributed by atoms with van der Waals surface area (Å²) in [6.45, 7) is 2.57. The van der Waals surface area contributed by atoms with E-state index in [4.69, 9.17) is 10.5 Å². The van der Waals surface area contributed by atoms with Gasteiger partial charge in [-0.1, -0.05) is 43.2 Å². The molecule has 0 bridgehead atoms. The van der Waals surface area contributed by atoms with Gasteiger partial charge >= 0.3 is 0 Å². The average Bonchev–Trinajstić information content (AvgIpc) is 3.03. The van der Waals surface area contributed by atoms with Crippen LogP contribution in [0.15, 0.2) is 48.5 Å². The Morgan fingerprint density at radius 2 is 1.92 bits per heavy atom. The Hall–Kier alpha value is -2.33. The molecule has 1 fully saturated rings. The summed E-state index contributed by atoms with van der Waals surface area (Å²) in [5.41, 5.74) is 8.55. The molecule has 0 aromatic heterocycles. The minimum Gasteiger partial charge on any atom is -0.489 e. The minimum atomic E-state index is -0.724. The lowest BCUT2D eigenvalue weighted by atomic mass is 9.98. The molecule has 3 N–H and O–H groups in total. The summed E-state index contributed by atoms with van der Waals surface area (Å²) in [4.78, 5) is 12.4. The van der Waals surface area contributed by atoms with Crippen molar-refractivity contribution < 1.29 is 9.53 Å². The van der Waals surface area contributed by atoms with Gasteiger partial charge in [0.05, 0.1) is 5.54 Å². The van der Waals surface area contributed by atoms with Crippen molar-refractivity contribution in [1.29, 1.82) is 0 Å². The van der Waals surface area contributed by atoms with Crippen LogP contribution < -0.4 is 15.8 Å². The molecule has 1 amide bonds. The van der Waals surface area contributed by atoms with Crippen LogP contribution in [0.25, 0.3) is 0 Å². The molecule has 4 nitrogen and oxygen atoms in total. The number of nitrogens with two attached hydrogens (primary N) is 1. The van der Waals surface area contributed by atoms with E-state index in [1.807, 2.05) is 36.4 Å². The van der Waals surface area contributed by atoms with Crippen molar-refractivity contribution in [2.24, 2.45) is 5.73 Å². The summed E-state index contributed by atoms with van der Waals surface area (Å²) < 4.78 is 5.86. The molecule has 2 aromatic carbocycles. The van der Waals surface area contributed by atoms with Gasteiger partial charge in [0.2, 0.25) is 5.91 Å². The molecule has 0 radical (unpaired) electrons. The van der Waals surface area contributed by atoms with Crippen molar-refractivity contribution in [3.63, 3.8) is 0 Å². The third kappa shape index (κ3) is 3.77. The molecule has 0 spiro atoms. The lowest BCUT2D eigenvalue weighted by molar-refractivity contribution is -0.121. The van der Waals surface area contributed by atoms with E-state index < -0.39 is 5.54 Å². The zero-order valence-corrected chi connectivity index (χ0v) is 14.0. The van der Waals surface area contributed by atoms with Crippen molar-refractivity contribution in [2.75, 3.05) is 5.32 Å². The smallest absolute Gasteiger partial charge is 0.244 e. The van der Waals surface area contributed by atoms with Crippen LogP contribution in [0.1, 0.15) is 36.8 Å². The summed E-state index contributed by atoms with van der Waals surface area (Å²) >= 11 is 0. The number of rotatable bonds is 5. The van der Waals surface area contributed by atoms with E-state index in [1.54, 1.807) is 0 Å². The average molecular weight is 324 g/mol. The van der Waals surface area contributed by atoms with Gasteiger partial charge in [-0.2, -0.15) is 0 Å². The van der Waals surface area contributed by atoms with Crippen LogP contribution >= 0.6 is 0 Å². The van der Waals surface area contributed by atoms with E-state index in [0.717, 1.165) is 42.7 Å². The Morgan fingerprint density at radius 1 is 1.17 bits per heavy atom. The van der Waals surface area contributed by atoms with Crippen LogP contribution in [0.5, 0.6) is 5.75 Å². The van der Waals surface area contributed by atoms with E-state index in [9.17, 15) is 4.79 Å². The molecule has 1 aliphatic rings. The van der Waals surface area contributed by atoms with Gasteiger partial charge < -0.3 is 15.8 Å². The fourth-order valence-electron chi connectivity index (χ4n) is 3.09. The lowest BCUT2D eigenvalue weighted by Crippen LogP contribution is -2.48. The topological polar surface area (TPSA) is 64.3 Å². The minimum absolute atomic E-state index is 0.101. The molecule has 0 atom stereocenters. The fraction of sp³-hybridized carbons (Fsp3) is 0.350. The molecule has 126 valence electrons. The van der Waals surface area contributed by atoms with Gasteiger partial charge in [0.15, 0.2) is 0 Å². The quantitative estimate of drug-likeness (QED) is 0.879. The molecule has 0 unspecified atom stereocenters. The molecule has 2 aromatic rings. The van der Waals surface area contributed by atoms with Crippen molar-refractivity contribution in [1.82, 2.24) is 0 Å². The highest BCUT2D eigenvalue weighted by atomic mass is 16.5. The van der Waals surface area contributed by atoms with Crippen LogP contribution in [0.3, 0.4) is 0 Å². The number of aryl methyl sites for hydroxylation is 1. The first kappa shape index (κ1) is 16.5. The molecular weight excluding hydrogens is 300 g/mol. The Morgan fingerprint density at radius 3 is 2.67 bits per heavy atom. The summed E-state index contributed by atoms with van der Waals surface area (Å²) in [6.07, 6.45) is 3.54. The fourth-order valence-corrected chi connectivity index (χ4v) is 3.09. The van der Waals surface area contributed by atoms with Gasteiger partial charge in [0.1, 0.15) is 12.4 Å². The van der Waals surface area contributed by atoms with Gasteiger partial charge in [-0.25, -0.2) is 0 Å². The Bertz CT molecular complexity index is 721. The second-order valence-electron chi connectivity index (χ2n) is 6.56. The summed E-state index contributed by atoms with van der Waals surface area (Å²) in [5, 5.41) is 2.93. The number of benzene rings is 2. The zero-order valence-electron chi connectivity index (χ0n) is 14.0. The second kappa shape index (κ2) is 7.05. The van der Waals surface area contributed by atoms with Gasteiger partial charge in [-0.05, 0) is 43.0 Å². The van der Waals surface area contributed by atoms with Crippen LogP contribution in [0.4, 0.5) is 5.69 Å². The van der Waals surface area contributed by atoms with Crippen LogP contribution in [0.2, 0.25) is 0 Å². The number of amides is 1. The Kier molecular flexibility index (Phi) is 4.86. The van der Waals surface area contributed by atoms with E-state index in [0.29, 0.717) is 6.61 Å². The summed E-state index contributed by atoms with van der Waals surface area (Å²) in [6, 6.07) is 15.6. The number of hydrogen-bond donors (Lipinski definition) is 2. The predicted octanol–water partition coefficient (Wildman–Crippen LogP) is 3.78. The number of carbonyl (C=O) groups excluding carboxylic acids is 1. The van der Waals surface area contributed by atoms with Crippen molar-refractivity contribution in [3.8, 4) is 5.75 Å². The predicted molar refractivity (Wildman–Crippen MR) is 96.0 cm³/mol. The monoisotopic (exact) mass is 324 g/mol. The number of carbonyl (C=O) groups is 1. The highest BCUT2D eigenvalue weighted by Crippen LogP contribution is 2.29. The maximum atomic E-state index is 12.4.